The minimum absolute atomic E-state index is 0.291. The number of hydrogen-bond acceptors (Lipinski definition) is 1. The van der Waals surface area contributed by atoms with E-state index in [1.807, 2.05) is 0 Å². The Balaban J connectivity index is 2.52. The Kier molecular flexibility index (Phi) is 1.89. The van der Waals surface area contributed by atoms with Gasteiger partial charge in [0, 0.05) is 9.61 Å². The second kappa shape index (κ2) is 2.75. The molecule has 1 aliphatic carbocycles. The lowest BCUT2D eigenvalue weighted by molar-refractivity contribution is 0.713. The van der Waals surface area contributed by atoms with Crippen LogP contribution in [-0.4, -0.2) is 0 Å². The molecule has 1 atom stereocenters. The van der Waals surface area contributed by atoms with Crippen molar-refractivity contribution in [3.8, 4) is 0 Å². The van der Waals surface area contributed by atoms with Crippen molar-refractivity contribution < 1.29 is 0 Å². The molecule has 1 aromatic carbocycles. The molecule has 0 aliphatic heterocycles. The van der Waals surface area contributed by atoms with Gasteiger partial charge in [-0.15, -0.1) is 0 Å². The van der Waals surface area contributed by atoms with Gasteiger partial charge in [-0.2, -0.15) is 0 Å². The van der Waals surface area contributed by atoms with Gasteiger partial charge in [-0.1, -0.05) is 6.07 Å². The van der Waals surface area contributed by atoms with E-state index in [1.54, 1.807) is 0 Å². The minimum Gasteiger partial charge on any atom is -0.324 e. The summed E-state index contributed by atoms with van der Waals surface area (Å²) < 4.78 is 1.29. The molecule has 2 heteroatoms. The lowest BCUT2D eigenvalue weighted by Gasteiger charge is -2.03. The summed E-state index contributed by atoms with van der Waals surface area (Å²) in [5.41, 5.74) is 8.71. The van der Waals surface area contributed by atoms with Gasteiger partial charge < -0.3 is 5.73 Å². The van der Waals surface area contributed by atoms with E-state index < -0.39 is 0 Å². The first-order chi connectivity index (χ1) is 5.27. The molecule has 1 aliphatic rings. The highest BCUT2D eigenvalue weighted by atomic mass is 127. The van der Waals surface area contributed by atoms with E-state index in [4.69, 9.17) is 5.73 Å². The summed E-state index contributed by atoms with van der Waals surface area (Å²) in [7, 11) is 0. The van der Waals surface area contributed by atoms with Crippen LogP contribution in [0.4, 0.5) is 0 Å². The molecular weight excluding hydrogens is 249 g/mol. The van der Waals surface area contributed by atoms with Crippen LogP contribution in [0.2, 0.25) is 0 Å². The van der Waals surface area contributed by atoms with Crippen molar-refractivity contribution in [3.63, 3.8) is 0 Å². The molecule has 1 unspecified atom stereocenters. The molecule has 0 radical (unpaired) electrons. The first-order valence-electron chi connectivity index (χ1n) is 3.81. The maximum absolute atomic E-state index is 5.91. The van der Waals surface area contributed by atoms with Gasteiger partial charge in [0.25, 0.3) is 0 Å². The van der Waals surface area contributed by atoms with Crippen molar-refractivity contribution in [1.29, 1.82) is 0 Å². The molecule has 0 bridgehead atoms. The topological polar surface area (TPSA) is 26.0 Å². The molecule has 0 spiro atoms. The molecular formula is C9H10IN. The first kappa shape index (κ1) is 7.55. The maximum Gasteiger partial charge on any atom is 0.0301 e. The SMILES string of the molecule is NC1CCc2ccc(I)cc21. The molecule has 0 saturated carbocycles. The average molecular weight is 259 g/mol. The zero-order valence-corrected chi connectivity index (χ0v) is 8.34. The lowest BCUT2D eigenvalue weighted by Crippen LogP contribution is -2.05. The van der Waals surface area contributed by atoms with Crippen LogP contribution >= 0.6 is 22.6 Å². The predicted octanol–water partition coefficient (Wildman–Crippen LogP) is 2.24. The summed E-state index contributed by atoms with van der Waals surface area (Å²) in [6.45, 7) is 0. The van der Waals surface area contributed by atoms with Crippen LogP contribution in [-0.2, 0) is 6.42 Å². The van der Waals surface area contributed by atoms with Crippen LogP contribution in [0.15, 0.2) is 18.2 Å². The van der Waals surface area contributed by atoms with Crippen LogP contribution in [0.1, 0.15) is 23.6 Å². The Bertz CT molecular complexity index is 283. The fraction of sp³-hybridized carbons (Fsp3) is 0.333. The number of fused-ring (bicyclic) bond motifs is 1. The van der Waals surface area contributed by atoms with Crippen molar-refractivity contribution >= 4 is 22.6 Å². The molecule has 1 aromatic rings. The van der Waals surface area contributed by atoms with Crippen molar-refractivity contribution in [2.45, 2.75) is 18.9 Å². The van der Waals surface area contributed by atoms with Gasteiger partial charge >= 0.3 is 0 Å². The fourth-order valence-electron chi connectivity index (χ4n) is 1.61. The van der Waals surface area contributed by atoms with Crippen LogP contribution in [0.5, 0.6) is 0 Å². The summed E-state index contributed by atoms with van der Waals surface area (Å²) >= 11 is 2.33. The highest BCUT2D eigenvalue weighted by molar-refractivity contribution is 14.1. The van der Waals surface area contributed by atoms with Crippen molar-refractivity contribution in [2.75, 3.05) is 0 Å². The highest BCUT2D eigenvalue weighted by Gasteiger charge is 2.18. The van der Waals surface area contributed by atoms with E-state index in [0.29, 0.717) is 6.04 Å². The molecule has 0 fully saturated rings. The Morgan fingerprint density at radius 1 is 1.45 bits per heavy atom. The monoisotopic (exact) mass is 259 g/mol. The molecule has 58 valence electrons. The number of aryl methyl sites for hydroxylation is 1. The van der Waals surface area contributed by atoms with Crippen molar-refractivity contribution in [1.82, 2.24) is 0 Å². The zero-order valence-electron chi connectivity index (χ0n) is 6.18. The van der Waals surface area contributed by atoms with Gasteiger partial charge in [0.15, 0.2) is 0 Å². The molecule has 0 saturated heterocycles. The number of halogens is 1. The van der Waals surface area contributed by atoms with Crippen LogP contribution < -0.4 is 5.73 Å². The van der Waals surface area contributed by atoms with Gasteiger partial charge in [0.2, 0.25) is 0 Å². The first-order valence-corrected chi connectivity index (χ1v) is 4.89. The van der Waals surface area contributed by atoms with Crippen LogP contribution in [0.25, 0.3) is 0 Å². The van der Waals surface area contributed by atoms with Crippen LogP contribution in [0.3, 0.4) is 0 Å². The third-order valence-electron chi connectivity index (χ3n) is 2.23. The molecule has 2 N–H and O–H groups in total. The molecule has 0 heterocycles. The summed E-state index contributed by atoms with van der Waals surface area (Å²) in [6, 6.07) is 6.84. The third-order valence-corrected chi connectivity index (χ3v) is 2.90. The van der Waals surface area contributed by atoms with E-state index in [0.717, 1.165) is 12.8 Å². The summed E-state index contributed by atoms with van der Waals surface area (Å²) in [4.78, 5) is 0. The summed E-state index contributed by atoms with van der Waals surface area (Å²) in [5, 5.41) is 0. The Hall–Kier alpha value is -0.0900. The number of nitrogens with two attached hydrogens (primary N) is 1. The largest absolute Gasteiger partial charge is 0.324 e. The fourth-order valence-corrected chi connectivity index (χ4v) is 2.12. The van der Waals surface area contributed by atoms with Gasteiger partial charge in [0.05, 0.1) is 0 Å². The Morgan fingerprint density at radius 3 is 3.09 bits per heavy atom. The predicted molar refractivity (Wildman–Crippen MR) is 54.4 cm³/mol. The van der Waals surface area contributed by atoms with E-state index in [2.05, 4.69) is 40.8 Å². The number of benzene rings is 1. The van der Waals surface area contributed by atoms with E-state index in [9.17, 15) is 0 Å². The number of hydrogen-bond donors (Lipinski definition) is 1. The molecule has 2 rings (SSSR count). The van der Waals surface area contributed by atoms with Crippen molar-refractivity contribution in [2.24, 2.45) is 5.73 Å². The summed E-state index contributed by atoms with van der Waals surface area (Å²) in [5.74, 6) is 0. The van der Waals surface area contributed by atoms with Gasteiger partial charge in [-0.05, 0) is 58.7 Å². The average Bonchev–Trinajstić information content (AvgIpc) is 2.33. The normalized spacial score (nSPS) is 21.8. The molecule has 1 nitrogen and oxygen atoms in total. The van der Waals surface area contributed by atoms with Gasteiger partial charge in [-0.3, -0.25) is 0 Å². The third kappa shape index (κ3) is 1.29. The highest BCUT2D eigenvalue weighted by Crippen LogP contribution is 2.29. The van der Waals surface area contributed by atoms with Gasteiger partial charge in [0.1, 0.15) is 0 Å². The molecule has 0 aromatic heterocycles. The smallest absolute Gasteiger partial charge is 0.0301 e. The second-order valence-corrected chi connectivity index (χ2v) is 4.23. The summed E-state index contributed by atoms with van der Waals surface area (Å²) in [6.07, 6.45) is 2.28. The maximum atomic E-state index is 5.91. The molecule has 0 amide bonds. The van der Waals surface area contributed by atoms with Crippen LogP contribution in [0, 0.1) is 3.57 Å². The zero-order chi connectivity index (χ0) is 7.84. The quantitative estimate of drug-likeness (QED) is 0.710. The van der Waals surface area contributed by atoms with E-state index in [-0.39, 0.29) is 0 Å². The van der Waals surface area contributed by atoms with Crippen molar-refractivity contribution in [3.05, 3.63) is 32.9 Å². The number of rotatable bonds is 0. The molecule has 11 heavy (non-hydrogen) atoms. The standard InChI is InChI=1S/C9H10IN/c10-7-3-1-6-2-4-9(11)8(6)5-7/h1,3,5,9H,2,4,11H2. The lowest BCUT2D eigenvalue weighted by atomic mass is 10.1. The minimum atomic E-state index is 0.291. The van der Waals surface area contributed by atoms with E-state index in [1.165, 1.54) is 14.7 Å². The van der Waals surface area contributed by atoms with Gasteiger partial charge in [-0.25, -0.2) is 0 Å². The van der Waals surface area contributed by atoms with E-state index >= 15 is 0 Å². The Morgan fingerprint density at radius 2 is 2.27 bits per heavy atom. The Labute approximate surface area is 80.1 Å². The second-order valence-electron chi connectivity index (χ2n) is 2.99.